The van der Waals surface area contributed by atoms with Crippen molar-refractivity contribution in [3.63, 3.8) is 0 Å². The van der Waals surface area contributed by atoms with Gasteiger partial charge in [-0.3, -0.25) is 14.6 Å². The van der Waals surface area contributed by atoms with Crippen molar-refractivity contribution < 1.29 is 0 Å². The molecule has 252 valence electrons. The van der Waals surface area contributed by atoms with Crippen molar-refractivity contribution in [2.75, 3.05) is 0 Å². The molecule has 0 aliphatic heterocycles. The lowest BCUT2D eigenvalue weighted by molar-refractivity contribution is 0.409. The summed E-state index contributed by atoms with van der Waals surface area (Å²) in [7, 11) is 3.55. The molecule has 0 saturated carbocycles. The average Bonchev–Trinajstić information content (AvgIpc) is 2.93. The third-order valence-corrected chi connectivity index (χ3v) is 6.64. The molecule has 3 aromatic heterocycles. The number of aryl methyl sites for hydroxylation is 2. The third-order valence-electron chi connectivity index (χ3n) is 6.64. The maximum Gasteiger partial charge on any atom is 0.250 e. The molecule has 1 aromatic carbocycles. The highest BCUT2D eigenvalue weighted by Gasteiger charge is 2.12. The van der Waals surface area contributed by atoms with E-state index in [1.54, 1.807) is 35.4 Å². The molecule has 0 aliphatic carbocycles. The molecule has 0 amide bonds. The number of nitrogens with zero attached hydrogens (tertiary/aromatic N) is 3. The average molecular weight is 628 g/mol. The number of aromatic nitrogens is 3. The molecule has 0 saturated heterocycles. The minimum absolute atomic E-state index is 0.0534. The number of rotatable bonds is 6. The van der Waals surface area contributed by atoms with Crippen LogP contribution in [0.1, 0.15) is 91.5 Å². The Balaban J connectivity index is 0.000000309. The van der Waals surface area contributed by atoms with Gasteiger partial charge in [-0.15, -0.1) is 0 Å². The Morgan fingerprint density at radius 3 is 1.63 bits per heavy atom. The van der Waals surface area contributed by atoms with Gasteiger partial charge in [0.2, 0.25) is 5.56 Å². The summed E-state index contributed by atoms with van der Waals surface area (Å²) in [6, 6.07) is 22.0. The van der Waals surface area contributed by atoms with Crippen molar-refractivity contribution in [3.8, 4) is 0 Å². The van der Waals surface area contributed by atoms with Gasteiger partial charge < -0.3 is 9.13 Å². The van der Waals surface area contributed by atoms with Crippen molar-refractivity contribution >= 4 is 0 Å². The lowest BCUT2D eigenvalue weighted by Crippen LogP contribution is -2.17. The summed E-state index contributed by atoms with van der Waals surface area (Å²) < 4.78 is 3.22. The van der Waals surface area contributed by atoms with Crippen molar-refractivity contribution in [2.24, 2.45) is 36.8 Å². The second-order valence-electron chi connectivity index (χ2n) is 15.5. The fraction of sp³-hybridized carbons (Fsp3) is 0.488. The molecule has 0 atom stereocenters. The van der Waals surface area contributed by atoms with E-state index in [-0.39, 0.29) is 21.9 Å². The highest BCUT2D eigenvalue weighted by molar-refractivity contribution is 5.15. The summed E-state index contributed by atoms with van der Waals surface area (Å²) >= 11 is 0. The summed E-state index contributed by atoms with van der Waals surface area (Å²) in [5.41, 5.74) is 5.75. The Hall–Kier alpha value is -3.73. The standard InChI is InChI=1S/2C11H17NO.C10H14.C9H13N/c1-11(2,3)8-9-5-6-12(4)10(13)7-9;1-11(2,3)7-9-5-6-10(13)12(4)8-9;1-9(2)8-10-6-4-3-5-7-10;1-8(2)6-9-4-3-5-10-7-9/h5-7H,8H2,1-4H3;5-6,8H,7H2,1-4H3;3-7,9H,8H2,1-2H3;3-5,7-8H,6H2,1-2H3. The molecular formula is C41H61N3O2. The molecule has 0 unspecified atom stereocenters. The van der Waals surface area contributed by atoms with Gasteiger partial charge in [-0.2, -0.15) is 0 Å². The highest BCUT2D eigenvalue weighted by Crippen LogP contribution is 2.20. The summed E-state index contributed by atoms with van der Waals surface area (Å²) in [6.07, 6.45) is 11.7. The molecular weight excluding hydrogens is 566 g/mol. The van der Waals surface area contributed by atoms with Crippen molar-refractivity contribution in [1.29, 1.82) is 0 Å². The van der Waals surface area contributed by atoms with Crippen LogP contribution in [0.2, 0.25) is 0 Å². The minimum atomic E-state index is 0.0534. The topological polar surface area (TPSA) is 56.9 Å². The van der Waals surface area contributed by atoms with Gasteiger partial charge in [-0.05, 0) is 82.7 Å². The van der Waals surface area contributed by atoms with Gasteiger partial charge in [0, 0.05) is 51.0 Å². The predicted molar refractivity (Wildman–Crippen MR) is 197 cm³/mol. The normalized spacial score (nSPS) is 11.1. The van der Waals surface area contributed by atoms with Gasteiger partial charge in [-0.25, -0.2) is 0 Å². The second-order valence-corrected chi connectivity index (χ2v) is 15.5. The summed E-state index contributed by atoms with van der Waals surface area (Å²) in [6.45, 7) is 22.0. The molecule has 0 aliphatic rings. The van der Waals surface area contributed by atoms with Gasteiger partial charge in [0.1, 0.15) is 0 Å². The minimum Gasteiger partial charge on any atom is -0.319 e. The first-order valence-electron chi connectivity index (χ1n) is 16.6. The molecule has 46 heavy (non-hydrogen) atoms. The molecule has 4 rings (SSSR count). The van der Waals surface area contributed by atoms with Crippen molar-refractivity contribution in [3.05, 3.63) is 134 Å². The molecule has 0 fully saturated rings. The van der Waals surface area contributed by atoms with E-state index in [9.17, 15) is 9.59 Å². The van der Waals surface area contributed by atoms with Gasteiger partial charge in [0.25, 0.3) is 5.56 Å². The molecule has 0 spiro atoms. The van der Waals surface area contributed by atoms with E-state index in [0.717, 1.165) is 36.7 Å². The zero-order valence-electron chi connectivity index (χ0n) is 30.8. The van der Waals surface area contributed by atoms with Crippen LogP contribution in [0.5, 0.6) is 0 Å². The van der Waals surface area contributed by atoms with Crippen LogP contribution in [-0.2, 0) is 39.8 Å². The Morgan fingerprint density at radius 1 is 0.609 bits per heavy atom. The van der Waals surface area contributed by atoms with Crippen molar-refractivity contribution in [2.45, 2.75) is 94.9 Å². The van der Waals surface area contributed by atoms with Crippen LogP contribution >= 0.6 is 0 Å². The third kappa shape index (κ3) is 19.6. The molecule has 3 heterocycles. The maximum absolute atomic E-state index is 11.3. The second kappa shape index (κ2) is 19.7. The van der Waals surface area contributed by atoms with Crippen LogP contribution in [0, 0.1) is 22.7 Å². The Kier molecular flexibility index (Phi) is 17.3. The first kappa shape index (κ1) is 40.3. The largest absolute Gasteiger partial charge is 0.319 e. The van der Waals surface area contributed by atoms with Gasteiger partial charge in [0.15, 0.2) is 0 Å². The van der Waals surface area contributed by atoms with Gasteiger partial charge in [0.05, 0.1) is 0 Å². The number of hydrogen-bond donors (Lipinski definition) is 0. The summed E-state index contributed by atoms with van der Waals surface area (Å²) in [5, 5.41) is 0. The lowest BCUT2D eigenvalue weighted by Gasteiger charge is -2.18. The van der Waals surface area contributed by atoms with E-state index in [2.05, 4.69) is 111 Å². The molecule has 5 nitrogen and oxygen atoms in total. The molecule has 0 radical (unpaired) electrons. The fourth-order valence-corrected chi connectivity index (χ4v) is 4.76. The predicted octanol–water partition coefficient (Wildman–Crippen LogP) is 9.11. The first-order valence-corrected chi connectivity index (χ1v) is 16.6. The van der Waals surface area contributed by atoms with Crippen molar-refractivity contribution in [1.82, 2.24) is 14.1 Å². The van der Waals surface area contributed by atoms with E-state index in [1.165, 1.54) is 23.1 Å². The van der Waals surface area contributed by atoms with Crippen LogP contribution in [0.15, 0.2) is 101 Å². The first-order chi connectivity index (χ1) is 21.3. The van der Waals surface area contributed by atoms with E-state index < -0.39 is 0 Å². The summed E-state index contributed by atoms with van der Waals surface area (Å²) in [5.74, 6) is 1.49. The monoisotopic (exact) mass is 627 g/mol. The fourth-order valence-electron chi connectivity index (χ4n) is 4.76. The summed E-state index contributed by atoms with van der Waals surface area (Å²) in [4.78, 5) is 26.4. The van der Waals surface area contributed by atoms with Crippen LogP contribution < -0.4 is 11.1 Å². The number of pyridine rings is 3. The van der Waals surface area contributed by atoms with E-state index >= 15 is 0 Å². The molecule has 0 bridgehead atoms. The number of benzene rings is 1. The van der Waals surface area contributed by atoms with Gasteiger partial charge in [-0.1, -0.05) is 112 Å². The Labute approximate surface area is 279 Å². The van der Waals surface area contributed by atoms with Crippen LogP contribution in [-0.4, -0.2) is 14.1 Å². The molecule has 0 N–H and O–H groups in total. The Morgan fingerprint density at radius 2 is 1.15 bits per heavy atom. The van der Waals surface area contributed by atoms with Crippen LogP contribution in [0.3, 0.4) is 0 Å². The number of hydrogen-bond acceptors (Lipinski definition) is 3. The molecule has 4 aromatic rings. The highest BCUT2D eigenvalue weighted by atomic mass is 16.1. The SMILES string of the molecule is CC(C)Cc1ccccc1.CC(C)Cc1cccnc1.Cn1cc(CC(C)(C)C)ccc1=O.Cn1ccc(CC(C)(C)C)cc1=O. The quantitative estimate of drug-likeness (QED) is 0.214. The maximum atomic E-state index is 11.3. The van der Waals surface area contributed by atoms with E-state index in [4.69, 9.17) is 0 Å². The Bertz CT molecular complexity index is 1460. The molecule has 5 heteroatoms. The lowest BCUT2D eigenvalue weighted by atomic mass is 9.88. The van der Waals surface area contributed by atoms with E-state index in [1.807, 2.05) is 43.0 Å². The van der Waals surface area contributed by atoms with Crippen LogP contribution in [0.4, 0.5) is 0 Å². The zero-order valence-corrected chi connectivity index (χ0v) is 30.8. The zero-order chi connectivity index (χ0) is 34.9. The smallest absolute Gasteiger partial charge is 0.250 e. The van der Waals surface area contributed by atoms with E-state index in [0.29, 0.717) is 0 Å². The van der Waals surface area contributed by atoms with Gasteiger partial charge >= 0.3 is 0 Å². The van der Waals surface area contributed by atoms with Crippen LogP contribution in [0.25, 0.3) is 0 Å².